The molecule has 3 aliphatic carbocycles. The van der Waals surface area contributed by atoms with Crippen molar-refractivity contribution in [2.45, 2.75) is 57.8 Å². The van der Waals surface area contributed by atoms with Crippen molar-refractivity contribution in [1.82, 2.24) is 0 Å². The fourth-order valence-electron chi connectivity index (χ4n) is 15.2. The maximum absolute atomic E-state index is 2.58. The molecule has 14 aromatic rings. The lowest BCUT2D eigenvalue weighted by molar-refractivity contribution is 0.660. The highest BCUT2D eigenvalue weighted by Gasteiger charge is 2.41. The van der Waals surface area contributed by atoms with Crippen LogP contribution < -0.4 is 9.80 Å². The van der Waals surface area contributed by atoms with Crippen LogP contribution >= 0.6 is 22.7 Å². The summed E-state index contributed by atoms with van der Waals surface area (Å²) in [5.41, 5.74) is 27.5. The average molecular weight is 1130 g/mol. The number of hydrogen-bond acceptors (Lipinski definition) is 4. The number of benzene rings is 12. The Bertz CT molecular complexity index is 5130. The van der Waals surface area contributed by atoms with Gasteiger partial charge in [0, 0.05) is 69.7 Å². The van der Waals surface area contributed by atoms with Crippen LogP contribution in [-0.2, 0) is 16.2 Å². The summed E-state index contributed by atoms with van der Waals surface area (Å²) in [6.45, 7) is 14.4. The third-order valence-corrected chi connectivity index (χ3v) is 21.9. The standard InChI is InChI=1S/C81H60N2S2/c1-79(2)65-30-15-11-26-61(65)76-67(79)31-20-33-71(76)83(73-35-18-27-59-58-25-13-17-36-74(58)84-77(59)73)53-40-42-57-62-45-50(37-43-66(62)81(5,6)69(57)48-53)51-38-44-75-63(46-51)60-28-19-34-72(78(60)85-75)82(70-32-16-12-23-54(70)49-21-8-7-9-22-49)52-39-41-56-55-24-10-14-29-64(55)80(3,4)68(56)47-52/h7-48H,1-6H3. The average Bonchev–Trinajstić information content (AvgIpc) is 2.01. The van der Waals surface area contributed by atoms with Gasteiger partial charge in [-0.15, -0.1) is 22.7 Å². The summed E-state index contributed by atoms with van der Waals surface area (Å²) >= 11 is 3.80. The zero-order chi connectivity index (χ0) is 57.1. The van der Waals surface area contributed by atoms with E-state index in [4.69, 9.17) is 0 Å². The molecular formula is C81H60N2S2. The van der Waals surface area contributed by atoms with Gasteiger partial charge in [-0.05, 0) is 151 Å². The van der Waals surface area contributed by atoms with Crippen molar-refractivity contribution in [2.24, 2.45) is 0 Å². The van der Waals surface area contributed by atoms with Gasteiger partial charge >= 0.3 is 0 Å². The van der Waals surface area contributed by atoms with Crippen molar-refractivity contribution in [3.8, 4) is 55.6 Å². The Morgan fingerprint density at radius 3 is 1.44 bits per heavy atom. The first-order valence-electron chi connectivity index (χ1n) is 29.8. The van der Waals surface area contributed by atoms with Gasteiger partial charge in [0.2, 0.25) is 0 Å². The van der Waals surface area contributed by atoms with Gasteiger partial charge in [0.1, 0.15) is 0 Å². The smallest absolute Gasteiger partial charge is 0.0640 e. The minimum atomic E-state index is -0.241. The van der Waals surface area contributed by atoms with Gasteiger partial charge in [-0.3, -0.25) is 0 Å². The SMILES string of the molecule is CC1(C)c2ccccc2-c2ccc(N(c3ccccc3-c3ccccc3)c3cccc4c3sc3ccc(-c5ccc6c(c5)-c5ccc(N(c7cccc8c7-c7ccccc7C8(C)C)c7cccc8c7sc7ccccc78)cc5C6(C)C)cc34)cc21. The van der Waals surface area contributed by atoms with E-state index in [1.165, 1.54) is 152 Å². The van der Waals surface area contributed by atoms with Crippen LogP contribution in [-0.4, -0.2) is 0 Å². The molecular weight excluding hydrogens is 1070 g/mol. The van der Waals surface area contributed by atoms with Crippen molar-refractivity contribution in [3.63, 3.8) is 0 Å². The molecule has 406 valence electrons. The molecule has 0 amide bonds. The zero-order valence-electron chi connectivity index (χ0n) is 48.5. The first kappa shape index (κ1) is 50.2. The molecule has 0 radical (unpaired) electrons. The number of anilines is 6. The van der Waals surface area contributed by atoms with Crippen molar-refractivity contribution in [1.29, 1.82) is 0 Å². The summed E-state index contributed by atoms with van der Waals surface area (Å²) in [6, 6.07) is 96.4. The van der Waals surface area contributed by atoms with E-state index in [0.717, 1.165) is 11.4 Å². The molecule has 85 heavy (non-hydrogen) atoms. The van der Waals surface area contributed by atoms with Crippen LogP contribution in [0.2, 0.25) is 0 Å². The molecule has 2 heterocycles. The molecule has 0 bridgehead atoms. The monoisotopic (exact) mass is 1120 g/mol. The van der Waals surface area contributed by atoms with Crippen molar-refractivity contribution in [3.05, 3.63) is 288 Å². The first-order chi connectivity index (χ1) is 41.4. The van der Waals surface area contributed by atoms with E-state index in [0.29, 0.717) is 0 Å². The Balaban J connectivity index is 0.791. The fourth-order valence-corrected chi connectivity index (χ4v) is 17.6. The topological polar surface area (TPSA) is 6.48 Å². The second-order valence-corrected chi connectivity index (χ2v) is 27.3. The van der Waals surface area contributed by atoms with Crippen LogP contribution in [0.4, 0.5) is 34.1 Å². The molecule has 0 spiro atoms. The third kappa shape index (κ3) is 7.29. The predicted molar refractivity (Wildman–Crippen MR) is 365 cm³/mol. The Kier molecular flexibility index (Phi) is 10.8. The molecule has 17 rings (SSSR count). The lowest BCUT2D eigenvalue weighted by Gasteiger charge is -2.30. The quantitative estimate of drug-likeness (QED) is 0.150. The highest BCUT2D eigenvalue weighted by molar-refractivity contribution is 7.26. The lowest BCUT2D eigenvalue weighted by atomic mass is 9.82. The molecule has 0 fully saturated rings. The maximum atomic E-state index is 2.58. The van der Waals surface area contributed by atoms with E-state index in [1.807, 2.05) is 22.7 Å². The van der Waals surface area contributed by atoms with Crippen LogP contribution in [0, 0.1) is 0 Å². The van der Waals surface area contributed by atoms with E-state index in [9.17, 15) is 0 Å². The summed E-state index contributed by atoms with van der Waals surface area (Å²) in [7, 11) is 0. The first-order valence-corrected chi connectivity index (χ1v) is 31.4. The highest BCUT2D eigenvalue weighted by Crippen LogP contribution is 2.58. The van der Waals surface area contributed by atoms with Crippen molar-refractivity contribution in [2.75, 3.05) is 9.80 Å². The Morgan fingerprint density at radius 2 is 0.718 bits per heavy atom. The van der Waals surface area contributed by atoms with Crippen LogP contribution in [0.25, 0.3) is 96.0 Å². The van der Waals surface area contributed by atoms with Crippen LogP contribution in [0.3, 0.4) is 0 Å². The summed E-state index contributed by atoms with van der Waals surface area (Å²) < 4.78 is 5.15. The zero-order valence-corrected chi connectivity index (χ0v) is 50.1. The molecule has 0 aliphatic heterocycles. The number of nitrogens with zero attached hydrogens (tertiary/aromatic N) is 2. The van der Waals surface area contributed by atoms with Crippen LogP contribution in [0.15, 0.2) is 255 Å². The summed E-state index contributed by atoms with van der Waals surface area (Å²) in [6.07, 6.45) is 0. The van der Waals surface area contributed by atoms with Gasteiger partial charge in [-0.2, -0.15) is 0 Å². The summed E-state index contributed by atoms with van der Waals surface area (Å²) in [5.74, 6) is 0. The molecule has 0 unspecified atom stereocenters. The van der Waals surface area contributed by atoms with Crippen molar-refractivity contribution < 1.29 is 0 Å². The number of para-hydroxylation sites is 1. The molecule has 0 saturated heterocycles. The van der Waals surface area contributed by atoms with Crippen molar-refractivity contribution >= 4 is 97.1 Å². The van der Waals surface area contributed by atoms with Gasteiger partial charge in [-0.1, -0.05) is 224 Å². The minimum Gasteiger partial charge on any atom is -0.308 e. The molecule has 2 aromatic heterocycles. The number of thiophene rings is 2. The van der Waals surface area contributed by atoms with E-state index in [-0.39, 0.29) is 16.2 Å². The number of rotatable bonds is 8. The van der Waals surface area contributed by atoms with Gasteiger partial charge in [0.05, 0.1) is 32.1 Å². The van der Waals surface area contributed by atoms with E-state index in [2.05, 4.69) is 306 Å². The molecule has 3 aliphatic rings. The van der Waals surface area contributed by atoms with Gasteiger partial charge in [0.25, 0.3) is 0 Å². The largest absolute Gasteiger partial charge is 0.308 e. The predicted octanol–water partition coefficient (Wildman–Crippen LogP) is 23.6. The maximum Gasteiger partial charge on any atom is 0.0640 e. The molecule has 12 aromatic carbocycles. The van der Waals surface area contributed by atoms with E-state index < -0.39 is 0 Å². The second-order valence-electron chi connectivity index (χ2n) is 25.2. The minimum absolute atomic E-state index is 0.133. The Morgan fingerprint density at radius 1 is 0.259 bits per heavy atom. The van der Waals surface area contributed by atoms with Gasteiger partial charge < -0.3 is 9.80 Å². The molecule has 2 nitrogen and oxygen atoms in total. The number of hydrogen-bond donors (Lipinski definition) is 0. The lowest BCUT2D eigenvalue weighted by Crippen LogP contribution is -2.17. The second kappa shape index (κ2) is 18.3. The normalized spacial score (nSPS) is 14.5. The summed E-state index contributed by atoms with van der Waals surface area (Å²) in [5, 5.41) is 5.15. The Labute approximate surface area is 505 Å². The molecule has 4 heteroatoms. The number of fused-ring (bicyclic) bond motifs is 15. The van der Waals surface area contributed by atoms with E-state index >= 15 is 0 Å². The molecule has 0 atom stereocenters. The van der Waals surface area contributed by atoms with Crippen LogP contribution in [0.5, 0.6) is 0 Å². The van der Waals surface area contributed by atoms with Crippen LogP contribution in [0.1, 0.15) is 74.9 Å². The van der Waals surface area contributed by atoms with E-state index in [1.54, 1.807) is 0 Å². The summed E-state index contributed by atoms with van der Waals surface area (Å²) in [4.78, 5) is 5.11. The third-order valence-electron chi connectivity index (χ3n) is 19.5. The molecule has 0 saturated carbocycles. The van der Waals surface area contributed by atoms with Gasteiger partial charge in [0.15, 0.2) is 0 Å². The molecule has 0 N–H and O–H groups in total. The fraction of sp³-hybridized carbons (Fsp3) is 0.111. The van der Waals surface area contributed by atoms with Gasteiger partial charge in [-0.25, -0.2) is 0 Å². The highest BCUT2D eigenvalue weighted by atomic mass is 32.1. The Hall–Kier alpha value is -9.32.